The highest BCUT2D eigenvalue weighted by Crippen LogP contribution is 2.22. The van der Waals surface area contributed by atoms with Crippen LogP contribution in [0.4, 0.5) is 0 Å². The summed E-state index contributed by atoms with van der Waals surface area (Å²) in [7, 11) is 0. The van der Waals surface area contributed by atoms with Gasteiger partial charge in [0.05, 0.1) is 10.6 Å². The van der Waals surface area contributed by atoms with Gasteiger partial charge in [-0.3, -0.25) is 20.4 Å². The van der Waals surface area contributed by atoms with Crippen molar-refractivity contribution < 1.29 is 14.3 Å². The third kappa shape index (κ3) is 5.41. The van der Waals surface area contributed by atoms with E-state index < -0.39 is 11.8 Å². The third-order valence-corrected chi connectivity index (χ3v) is 4.50. The average molecular weight is 379 g/mol. The summed E-state index contributed by atoms with van der Waals surface area (Å²) in [6, 6.07) is 12.6. The zero-order chi connectivity index (χ0) is 18.2. The van der Waals surface area contributed by atoms with Crippen LogP contribution in [0.5, 0.6) is 5.75 Å². The van der Waals surface area contributed by atoms with Gasteiger partial charge in [0.15, 0.2) is 6.61 Å². The van der Waals surface area contributed by atoms with Gasteiger partial charge >= 0.3 is 0 Å². The fourth-order valence-electron chi connectivity index (χ4n) is 2.12. The molecule has 5 nitrogen and oxygen atoms in total. The smallest absolute Gasteiger partial charge is 0.276 e. The Morgan fingerprint density at radius 1 is 1.16 bits per heavy atom. The Bertz CT molecular complexity index is 768. The maximum absolute atomic E-state index is 12.2. The highest BCUT2D eigenvalue weighted by atomic mass is 35.5. The van der Waals surface area contributed by atoms with Crippen LogP contribution in [0.3, 0.4) is 0 Å². The lowest BCUT2D eigenvalue weighted by molar-refractivity contribution is -0.123. The maximum Gasteiger partial charge on any atom is 0.276 e. The fraction of sp³-hybridized carbons (Fsp3) is 0.222. The minimum absolute atomic E-state index is 0.199. The summed E-state index contributed by atoms with van der Waals surface area (Å²) in [5, 5.41) is 0.317. The summed E-state index contributed by atoms with van der Waals surface area (Å²) in [5.41, 5.74) is 5.98. The van der Waals surface area contributed by atoms with Gasteiger partial charge in [0, 0.05) is 4.90 Å². The second kappa shape index (κ2) is 9.34. The van der Waals surface area contributed by atoms with Crippen LogP contribution in [0.25, 0.3) is 0 Å². The van der Waals surface area contributed by atoms with E-state index in [9.17, 15) is 9.59 Å². The first-order valence-electron chi connectivity index (χ1n) is 7.68. The molecule has 0 saturated carbocycles. The molecule has 0 fully saturated rings. The Kier molecular flexibility index (Phi) is 7.16. The first-order chi connectivity index (χ1) is 12.0. The summed E-state index contributed by atoms with van der Waals surface area (Å²) in [5.74, 6) is -0.290. The van der Waals surface area contributed by atoms with E-state index in [-0.39, 0.29) is 6.61 Å². The number of hydrogen-bond donors (Lipinski definition) is 2. The van der Waals surface area contributed by atoms with Crippen LogP contribution in [0, 0.1) is 0 Å². The van der Waals surface area contributed by atoms with Crippen LogP contribution < -0.4 is 15.6 Å². The van der Waals surface area contributed by atoms with E-state index in [4.69, 9.17) is 16.3 Å². The predicted molar refractivity (Wildman–Crippen MR) is 100 cm³/mol. The summed E-state index contributed by atoms with van der Waals surface area (Å²) < 4.78 is 5.50. The molecule has 0 saturated heterocycles. The molecule has 0 atom stereocenters. The molecule has 0 spiro atoms. The Labute approximate surface area is 156 Å². The molecule has 0 aliphatic heterocycles. The number of rotatable bonds is 6. The number of halogens is 1. The minimum Gasteiger partial charge on any atom is -0.483 e. The lowest BCUT2D eigenvalue weighted by Gasteiger charge is -2.12. The Morgan fingerprint density at radius 2 is 1.92 bits per heavy atom. The van der Waals surface area contributed by atoms with E-state index in [1.807, 2.05) is 37.4 Å². The van der Waals surface area contributed by atoms with Gasteiger partial charge < -0.3 is 4.74 Å². The van der Waals surface area contributed by atoms with Crippen molar-refractivity contribution in [1.29, 1.82) is 0 Å². The zero-order valence-electron chi connectivity index (χ0n) is 14.0. The minimum atomic E-state index is -0.483. The largest absolute Gasteiger partial charge is 0.483 e. The van der Waals surface area contributed by atoms with Crippen LogP contribution in [-0.4, -0.2) is 24.7 Å². The van der Waals surface area contributed by atoms with Crippen LogP contribution in [-0.2, 0) is 11.2 Å². The molecule has 0 unspecified atom stereocenters. The molecule has 0 aromatic heterocycles. The molecule has 132 valence electrons. The quantitative estimate of drug-likeness (QED) is 0.596. The predicted octanol–water partition coefficient (Wildman–Crippen LogP) is 3.46. The molecule has 2 N–H and O–H groups in total. The SMILES string of the molecule is CCc1ccccc1OCC(=O)NNC(=O)c1cc(SC)ccc1Cl. The molecule has 7 heteroatoms. The van der Waals surface area contributed by atoms with Crippen molar-refractivity contribution in [3.63, 3.8) is 0 Å². The first-order valence-corrected chi connectivity index (χ1v) is 9.28. The molecule has 2 aromatic rings. The molecular formula is C18H19ClN2O3S. The van der Waals surface area contributed by atoms with Gasteiger partial charge in [-0.2, -0.15) is 0 Å². The Morgan fingerprint density at radius 3 is 2.64 bits per heavy atom. The number of carbonyl (C=O) groups is 2. The number of aryl methyl sites for hydroxylation is 1. The number of thioether (sulfide) groups is 1. The van der Waals surface area contributed by atoms with Gasteiger partial charge in [-0.1, -0.05) is 36.7 Å². The Balaban J connectivity index is 1.88. The number of carbonyl (C=O) groups excluding carboxylic acids is 2. The van der Waals surface area contributed by atoms with Gasteiger partial charge in [0.25, 0.3) is 11.8 Å². The number of benzene rings is 2. The molecule has 2 amide bonds. The summed E-state index contributed by atoms with van der Waals surface area (Å²) >= 11 is 7.53. The van der Waals surface area contributed by atoms with Crippen molar-refractivity contribution in [3.8, 4) is 5.75 Å². The number of nitrogens with one attached hydrogen (secondary N) is 2. The monoisotopic (exact) mass is 378 g/mol. The van der Waals surface area contributed by atoms with Crippen LogP contribution in [0.15, 0.2) is 47.4 Å². The standard InChI is InChI=1S/C18H19ClN2O3S/c1-3-12-6-4-5-7-16(12)24-11-17(22)20-21-18(23)14-10-13(25-2)8-9-15(14)19/h4-10H,3,11H2,1-2H3,(H,20,22)(H,21,23). The van der Waals surface area contributed by atoms with E-state index in [1.165, 1.54) is 11.8 Å². The van der Waals surface area contributed by atoms with Crippen LogP contribution >= 0.6 is 23.4 Å². The molecule has 0 heterocycles. The van der Waals surface area contributed by atoms with E-state index in [2.05, 4.69) is 10.9 Å². The number of hydrogen-bond acceptors (Lipinski definition) is 4. The molecule has 0 bridgehead atoms. The molecule has 25 heavy (non-hydrogen) atoms. The van der Waals surface area contributed by atoms with Crippen molar-refractivity contribution in [1.82, 2.24) is 10.9 Å². The van der Waals surface area contributed by atoms with Gasteiger partial charge in [-0.15, -0.1) is 11.8 Å². The van der Waals surface area contributed by atoms with Gasteiger partial charge in [0.1, 0.15) is 5.75 Å². The van der Waals surface area contributed by atoms with Crippen LogP contribution in [0.1, 0.15) is 22.8 Å². The summed E-state index contributed by atoms with van der Waals surface area (Å²) in [4.78, 5) is 24.9. The normalized spacial score (nSPS) is 10.2. The number of amides is 2. The van der Waals surface area contributed by atoms with Gasteiger partial charge in [0.2, 0.25) is 0 Å². The molecule has 0 radical (unpaired) electrons. The van der Waals surface area contributed by atoms with Gasteiger partial charge in [-0.05, 0) is 42.5 Å². The third-order valence-electron chi connectivity index (χ3n) is 3.45. The topological polar surface area (TPSA) is 67.4 Å². The molecule has 2 aromatic carbocycles. The molecular weight excluding hydrogens is 360 g/mol. The van der Waals surface area contributed by atoms with Crippen molar-refractivity contribution in [2.24, 2.45) is 0 Å². The van der Waals surface area contributed by atoms with Gasteiger partial charge in [-0.25, -0.2) is 0 Å². The summed E-state index contributed by atoms with van der Waals surface area (Å²) in [6.45, 7) is 1.81. The fourth-order valence-corrected chi connectivity index (χ4v) is 2.76. The van der Waals surface area contributed by atoms with E-state index >= 15 is 0 Å². The number of hydrazine groups is 1. The zero-order valence-corrected chi connectivity index (χ0v) is 15.5. The molecule has 0 aliphatic carbocycles. The van der Waals surface area contributed by atoms with E-state index in [0.717, 1.165) is 16.9 Å². The lowest BCUT2D eigenvalue weighted by Crippen LogP contribution is -2.44. The first kappa shape index (κ1) is 19.1. The van der Waals surface area contributed by atoms with Crippen molar-refractivity contribution in [3.05, 3.63) is 58.6 Å². The second-order valence-corrected chi connectivity index (χ2v) is 6.38. The lowest BCUT2D eigenvalue weighted by atomic mass is 10.1. The van der Waals surface area contributed by atoms with E-state index in [0.29, 0.717) is 16.3 Å². The molecule has 0 aliphatic rings. The van der Waals surface area contributed by atoms with Crippen LogP contribution in [0.2, 0.25) is 5.02 Å². The van der Waals surface area contributed by atoms with E-state index in [1.54, 1.807) is 18.2 Å². The summed E-state index contributed by atoms with van der Waals surface area (Å²) in [6.07, 6.45) is 2.71. The van der Waals surface area contributed by atoms with Crippen molar-refractivity contribution in [2.75, 3.05) is 12.9 Å². The number of ether oxygens (including phenoxy) is 1. The van der Waals surface area contributed by atoms with Crippen molar-refractivity contribution in [2.45, 2.75) is 18.2 Å². The highest BCUT2D eigenvalue weighted by Gasteiger charge is 2.13. The average Bonchev–Trinajstić information content (AvgIpc) is 2.65. The van der Waals surface area contributed by atoms with Crippen molar-refractivity contribution >= 4 is 35.2 Å². The number of para-hydroxylation sites is 1. The highest BCUT2D eigenvalue weighted by molar-refractivity contribution is 7.98. The maximum atomic E-state index is 12.2. The Hall–Kier alpha value is -2.18. The molecule has 2 rings (SSSR count). The second-order valence-electron chi connectivity index (χ2n) is 5.10.